The SMILES string of the molecule is CCNC(=NCc1ccc(OC)c(OC)c1)NCc1ccc(OCCOC)cc1.I. The van der Waals surface area contributed by atoms with Crippen LogP contribution in [0, 0.1) is 0 Å². The Morgan fingerprint density at radius 1 is 0.867 bits per heavy atom. The smallest absolute Gasteiger partial charge is 0.191 e. The van der Waals surface area contributed by atoms with Crippen molar-refractivity contribution < 1.29 is 18.9 Å². The van der Waals surface area contributed by atoms with Crippen LogP contribution < -0.4 is 24.8 Å². The maximum Gasteiger partial charge on any atom is 0.191 e. The van der Waals surface area contributed by atoms with Crippen LogP contribution in [0.1, 0.15) is 18.1 Å². The first kappa shape index (κ1) is 25.8. The molecule has 0 radical (unpaired) electrons. The van der Waals surface area contributed by atoms with Crippen LogP contribution >= 0.6 is 24.0 Å². The number of guanidine groups is 1. The highest BCUT2D eigenvalue weighted by Gasteiger charge is 2.05. The highest BCUT2D eigenvalue weighted by Crippen LogP contribution is 2.27. The summed E-state index contributed by atoms with van der Waals surface area (Å²) in [6, 6.07) is 13.8. The maximum absolute atomic E-state index is 5.59. The molecule has 0 unspecified atom stereocenters. The third-order valence-corrected chi connectivity index (χ3v) is 4.15. The molecule has 8 heteroatoms. The van der Waals surface area contributed by atoms with Crippen molar-refractivity contribution in [3.63, 3.8) is 0 Å². The van der Waals surface area contributed by atoms with Crippen LogP contribution in [0.25, 0.3) is 0 Å². The van der Waals surface area contributed by atoms with E-state index in [1.54, 1.807) is 21.3 Å². The van der Waals surface area contributed by atoms with Gasteiger partial charge in [0.1, 0.15) is 12.4 Å². The molecule has 0 aliphatic rings. The van der Waals surface area contributed by atoms with E-state index in [4.69, 9.17) is 18.9 Å². The molecular weight excluding hydrogens is 497 g/mol. The van der Waals surface area contributed by atoms with Gasteiger partial charge in [0, 0.05) is 20.2 Å². The van der Waals surface area contributed by atoms with Gasteiger partial charge in [-0.3, -0.25) is 0 Å². The molecule has 2 aromatic rings. The van der Waals surface area contributed by atoms with E-state index < -0.39 is 0 Å². The van der Waals surface area contributed by atoms with Crippen molar-refractivity contribution in [3.8, 4) is 17.2 Å². The van der Waals surface area contributed by atoms with Gasteiger partial charge in [0.05, 0.1) is 27.4 Å². The Balaban J connectivity index is 0.00000450. The molecule has 0 amide bonds. The molecule has 0 aliphatic heterocycles. The van der Waals surface area contributed by atoms with Gasteiger partial charge in [0.2, 0.25) is 0 Å². The summed E-state index contributed by atoms with van der Waals surface area (Å²) in [5, 5.41) is 6.62. The predicted octanol–water partition coefficient (Wildman–Crippen LogP) is 3.60. The molecular formula is C22H32IN3O4. The Morgan fingerprint density at radius 2 is 1.57 bits per heavy atom. The van der Waals surface area contributed by atoms with E-state index in [1.807, 2.05) is 49.4 Å². The first-order valence-corrected chi connectivity index (χ1v) is 9.64. The van der Waals surface area contributed by atoms with Crippen molar-refractivity contribution in [2.45, 2.75) is 20.0 Å². The van der Waals surface area contributed by atoms with Crippen molar-refractivity contribution in [1.29, 1.82) is 0 Å². The molecule has 30 heavy (non-hydrogen) atoms. The van der Waals surface area contributed by atoms with Crippen LogP contribution in [0.15, 0.2) is 47.5 Å². The molecule has 0 saturated carbocycles. The number of nitrogens with zero attached hydrogens (tertiary/aromatic N) is 1. The lowest BCUT2D eigenvalue weighted by atomic mass is 10.2. The van der Waals surface area contributed by atoms with Crippen LogP contribution in [0.4, 0.5) is 0 Å². The lowest BCUT2D eigenvalue weighted by Crippen LogP contribution is -2.36. The van der Waals surface area contributed by atoms with Gasteiger partial charge in [-0.2, -0.15) is 0 Å². The number of ether oxygens (including phenoxy) is 4. The predicted molar refractivity (Wildman–Crippen MR) is 130 cm³/mol. The van der Waals surface area contributed by atoms with Gasteiger partial charge in [0.15, 0.2) is 17.5 Å². The highest BCUT2D eigenvalue weighted by atomic mass is 127. The fourth-order valence-corrected chi connectivity index (χ4v) is 2.62. The standard InChI is InChI=1S/C22H31N3O4.HI/c1-5-23-22(25-16-18-8-11-20(27-3)21(14-18)28-4)24-15-17-6-9-19(10-7-17)29-13-12-26-2;/h6-11,14H,5,12-13,15-16H2,1-4H3,(H2,23,24,25);1H. The molecule has 0 aliphatic carbocycles. The Kier molecular flexibility index (Phi) is 12.7. The topological polar surface area (TPSA) is 73.3 Å². The second kappa shape index (κ2) is 14.7. The number of methoxy groups -OCH3 is 3. The minimum atomic E-state index is 0. The van der Waals surface area contributed by atoms with Crippen molar-refractivity contribution in [2.75, 3.05) is 41.1 Å². The average molecular weight is 529 g/mol. The average Bonchev–Trinajstić information content (AvgIpc) is 2.76. The van der Waals surface area contributed by atoms with Crippen molar-refractivity contribution in [3.05, 3.63) is 53.6 Å². The zero-order valence-electron chi connectivity index (χ0n) is 18.1. The molecule has 0 spiro atoms. The first-order chi connectivity index (χ1) is 14.2. The summed E-state index contributed by atoms with van der Waals surface area (Å²) in [6.07, 6.45) is 0. The summed E-state index contributed by atoms with van der Waals surface area (Å²) < 4.78 is 21.2. The summed E-state index contributed by atoms with van der Waals surface area (Å²) in [4.78, 5) is 4.66. The molecule has 2 aromatic carbocycles. The van der Waals surface area contributed by atoms with Gasteiger partial charge < -0.3 is 29.6 Å². The number of halogens is 1. The van der Waals surface area contributed by atoms with E-state index in [2.05, 4.69) is 15.6 Å². The van der Waals surface area contributed by atoms with Gasteiger partial charge in [0.25, 0.3) is 0 Å². The summed E-state index contributed by atoms with van der Waals surface area (Å²) in [6.45, 7) is 5.13. The van der Waals surface area contributed by atoms with E-state index in [9.17, 15) is 0 Å². The Labute approximate surface area is 196 Å². The molecule has 2 N–H and O–H groups in total. The summed E-state index contributed by atoms with van der Waals surface area (Å²) in [5.41, 5.74) is 2.18. The zero-order valence-corrected chi connectivity index (χ0v) is 20.4. The fraction of sp³-hybridized carbons (Fsp3) is 0.409. The fourth-order valence-electron chi connectivity index (χ4n) is 2.62. The molecule has 0 bridgehead atoms. The number of rotatable bonds is 11. The van der Waals surface area contributed by atoms with Crippen LogP contribution in [-0.2, 0) is 17.8 Å². The van der Waals surface area contributed by atoms with Crippen molar-refractivity contribution in [2.24, 2.45) is 4.99 Å². The van der Waals surface area contributed by atoms with Gasteiger partial charge in [-0.1, -0.05) is 18.2 Å². The Morgan fingerprint density at radius 3 is 2.20 bits per heavy atom. The van der Waals surface area contributed by atoms with E-state index in [0.717, 1.165) is 29.4 Å². The summed E-state index contributed by atoms with van der Waals surface area (Å²) in [7, 11) is 4.92. The van der Waals surface area contributed by atoms with Crippen LogP contribution in [0.2, 0.25) is 0 Å². The lowest BCUT2D eigenvalue weighted by Gasteiger charge is -2.13. The van der Waals surface area contributed by atoms with E-state index in [1.165, 1.54) is 0 Å². The molecule has 2 rings (SSSR count). The summed E-state index contributed by atoms with van der Waals surface area (Å²) in [5.74, 6) is 2.99. The second-order valence-corrected chi connectivity index (χ2v) is 6.22. The zero-order chi connectivity index (χ0) is 20.9. The number of aliphatic imine (C=N–C) groups is 1. The minimum Gasteiger partial charge on any atom is -0.493 e. The van der Waals surface area contributed by atoms with Crippen LogP contribution in [0.3, 0.4) is 0 Å². The quantitative estimate of drug-likeness (QED) is 0.201. The largest absolute Gasteiger partial charge is 0.493 e. The highest BCUT2D eigenvalue weighted by molar-refractivity contribution is 14.0. The third-order valence-electron chi connectivity index (χ3n) is 4.15. The molecule has 0 aromatic heterocycles. The van der Waals surface area contributed by atoms with E-state index in [-0.39, 0.29) is 24.0 Å². The molecule has 7 nitrogen and oxygen atoms in total. The molecule has 0 heterocycles. The van der Waals surface area contributed by atoms with Crippen LogP contribution in [-0.4, -0.2) is 47.0 Å². The molecule has 0 saturated heterocycles. The lowest BCUT2D eigenvalue weighted by molar-refractivity contribution is 0.146. The van der Waals surface area contributed by atoms with Crippen molar-refractivity contribution in [1.82, 2.24) is 10.6 Å². The van der Waals surface area contributed by atoms with Gasteiger partial charge >= 0.3 is 0 Å². The van der Waals surface area contributed by atoms with E-state index >= 15 is 0 Å². The number of hydrogen-bond acceptors (Lipinski definition) is 5. The van der Waals surface area contributed by atoms with Crippen molar-refractivity contribution >= 4 is 29.9 Å². The monoisotopic (exact) mass is 529 g/mol. The molecule has 0 fully saturated rings. The first-order valence-electron chi connectivity index (χ1n) is 9.64. The summed E-state index contributed by atoms with van der Waals surface area (Å²) >= 11 is 0. The molecule has 166 valence electrons. The third kappa shape index (κ3) is 8.66. The minimum absolute atomic E-state index is 0. The number of benzene rings is 2. The Hall–Kier alpha value is -2.20. The maximum atomic E-state index is 5.59. The normalized spacial score (nSPS) is 10.7. The van der Waals surface area contributed by atoms with E-state index in [0.29, 0.717) is 37.8 Å². The molecule has 0 atom stereocenters. The second-order valence-electron chi connectivity index (χ2n) is 6.22. The van der Waals surface area contributed by atoms with Gasteiger partial charge in [-0.05, 0) is 42.3 Å². The number of hydrogen-bond donors (Lipinski definition) is 2. The van der Waals surface area contributed by atoms with Gasteiger partial charge in [-0.15, -0.1) is 24.0 Å². The van der Waals surface area contributed by atoms with Gasteiger partial charge in [-0.25, -0.2) is 4.99 Å². The number of nitrogens with one attached hydrogen (secondary N) is 2. The Bertz CT molecular complexity index is 769. The van der Waals surface area contributed by atoms with Crippen LogP contribution in [0.5, 0.6) is 17.2 Å².